The minimum atomic E-state index is -0.595. The molecule has 0 aliphatic heterocycles. The quantitative estimate of drug-likeness (QED) is 0.155. The molecule has 0 unspecified atom stereocenters. The van der Waals surface area contributed by atoms with Crippen molar-refractivity contribution in [2.24, 2.45) is 0 Å². The van der Waals surface area contributed by atoms with Gasteiger partial charge in [-0.25, -0.2) is 0 Å². The van der Waals surface area contributed by atoms with Crippen LogP contribution in [0.2, 0.25) is 0 Å². The first kappa shape index (κ1) is 30.3. The second-order valence-electron chi connectivity index (χ2n) is 10.8. The maximum Gasteiger partial charge on any atom is 0.119 e. The minimum Gasteiger partial charge on any atom is -0.491 e. The van der Waals surface area contributed by atoms with E-state index in [1.165, 1.54) is 11.1 Å². The topological polar surface area (TPSA) is 83.0 Å². The molecule has 4 N–H and O–H groups in total. The van der Waals surface area contributed by atoms with Crippen molar-refractivity contribution in [3.63, 3.8) is 0 Å². The van der Waals surface area contributed by atoms with Crippen molar-refractivity contribution in [3.05, 3.63) is 131 Å². The number of hydrogen-bond donors (Lipinski definition) is 4. The first-order valence-corrected chi connectivity index (χ1v) is 14.2. The number of ether oxygens (including phenoxy) is 2. The van der Waals surface area contributed by atoms with Gasteiger partial charge in [0.1, 0.15) is 36.9 Å². The van der Waals surface area contributed by atoms with Gasteiger partial charge in [-0.2, -0.15) is 0 Å². The molecule has 4 rings (SSSR count). The van der Waals surface area contributed by atoms with Crippen LogP contribution in [0.15, 0.2) is 109 Å². The second kappa shape index (κ2) is 15.4. The van der Waals surface area contributed by atoms with E-state index in [-0.39, 0.29) is 18.6 Å². The van der Waals surface area contributed by atoms with Crippen molar-refractivity contribution in [3.8, 4) is 11.5 Å². The Morgan fingerprint density at radius 2 is 0.927 bits per heavy atom. The van der Waals surface area contributed by atoms with Gasteiger partial charge in [0.2, 0.25) is 0 Å². The molecule has 0 saturated carbocycles. The molecular weight excluding hydrogens is 512 g/mol. The van der Waals surface area contributed by atoms with E-state index in [4.69, 9.17) is 9.47 Å². The average Bonchev–Trinajstić information content (AvgIpc) is 3.00. The molecule has 0 saturated heterocycles. The molecule has 0 heterocycles. The highest BCUT2D eigenvalue weighted by Crippen LogP contribution is 2.33. The monoisotopic (exact) mass is 554 g/mol. The van der Waals surface area contributed by atoms with Gasteiger partial charge in [0, 0.05) is 31.6 Å². The van der Waals surface area contributed by atoms with Crippen LogP contribution in [-0.4, -0.2) is 48.7 Å². The van der Waals surface area contributed by atoms with Crippen molar-refractivity contribution in [2.75, 3.05) is 26.3 Å². The van der Waals surface area contributed by atoms with Crippen LogP contribution in [0, 0.1) is 0 Å². The van der Waals surface area contributed by atoms with Crippen molar-refractivity contribution in [1.82, 2.24) is 10.6 Å². The van der Waals surface area contributed by atoms with Crippen LogP contribution in [0.4, 0.5) is 0 Å². The summed E-state index contributed by atoms with van der Waals surface area (Å²) >= 11 is 0. The number of benzene rings is 4. The molecule has 41 heavy (non-hydrogen) atoms. The Kier molecular flexibility index (Phi) is 11.3. The third-order valence-corrected chi connectivity index (χ3v) is 7.14. The molecule has 0 aliphatic carbocycles. The summed E-state index contributed by atoms with van der Waals surface area (Å²) in [6.45, 7) is 7.17. The smallest absolute Gasteiger partial charge is 0.119 e. The standard InChI is InChI=1S/C35H42N2O4/c1-35(2,29-13-17-33(18-14-29)40-25-31(38)23-36-21-27-9-5-3-6-10-27)30-15-19-34(20-16-30)41-26-32(39)24-37-22-28-11-7-4-8-12-28/h3-20,31-32,36-39H,21-26H2,1-2H3/t31-,32-/m0/s1. The van der Waals surface area contributed by atoms with Crippen LogP contribution in [-0.2, 0) is 18.5 Å². The predicted molar refractivity (Wildman–Crippen MR) is 164 cm³/mol. The summed E-state index contributed by atoms with van der Waals surface area (Å²) in [4.78, 5) is 0. The van der Waals surface area contributed by atoms with Crippen molar-refractivity contribution in [1.29, 1.82) is 0 Å². The maximum absolute atomic E-state index is 10.3. The van der Waals surface area contributed by atoms with E-state index in [0.29, 0.717) is 26.2 Å². The molecule has 216 valence electrons. The molecule has 6 heteroatoms. The van der Waals surface area contributed by atoms with E-state index in [9.17, 15) is 10.2 Å². The zero-order valence-electron chi connectivity index (χ0n) is 24.0. The molecule has 2 atom stereocenters. The largest absolute Gasteiger partial charge is 0.491 e. The SMILES string of the molecule is CC(C)(c1ccc(OC[C@@H](O)CNCc2ccccc2)cc1)c1ccc(OC[C@@H](O)CNCc2ccccc2)cc1. The average molecular weight is 555 g/mol. The highest BCUT2D eigenvalue weighted by molar-refractivity contribution is 5.41. The van der Waals surface area contributed by atoms with Crippen LogP contribution in [0.1, 0.15) is 36.1 Å². The lowest BCUT2D eigenvalue weighted by Gasteiger charge is -2.26. The first-order chi connectivity index (χ1) is 19.9. The first-order valence-electron chi connectivity index (χ1n) is 14.2. The van der Waals surface area contributed by atoms with Crippen LogP contribution >= 0.6 is 0 Å². The van der Waals surface area contributed by atoms with Crippen molar-refractivity contribution >= 4 is 0 Å². The molecular formula is C35H42N2O4. The van der Waals surface area contributed by atoms with Gasteiger partial charge in [-0.05, 0) is 46.5 Å². The fourth-order valence-corrected chi connectivity index (χ4v) is 4.56. The van der Waals surface area contributed by atoms with Crippen LogP contribution in [0.3, 0.4) is 0 Å². The summed E-state index contributed by atoms with van der Waals surface area (Å²) in [5, 5.41) is 27.1. The summed E-state index contributed by atoms with van der Waals surface area (Å²) < 4.78 is 11.6. The fraction of sp³-hybridized carbons (Fsp3) is 0.314. The summed E-state index contributed by atoms with van der Waals surface area (Å²) in [5.41, 5.74) is 4.45. The van der Waals surface area contributed by atoms with E-state index in [0.717, 1.165) is 22.6 Å². The van der Waals surface area contributed by atoms with Gasteiger partial charge in [0.25, 0.3) is 0 Å². The third kappa shape index (κ3) is 9.73. The Morgan fingerprint density at radius 1 is 0.561 bits per heavy atom. The molecule has 0 aromatic heterocycles. The Hall–Kier alpha value is -3.68. The Labute approximate surface area is 244 Å². The van der Waals surface area contributed by atoms with E-state index < -0.39 is 12.2 Å². The number of hydrogen-bond acceptors (Lipinski definition) is 6. The minimum absolute atomic E-state index is 0.223. The molecule has 0 fully saturated rings. The normalized spacial score (nSPS) is 13.0. The van der Waals surface area contributed by atoms with Gasteiger partial charge < -0.3 is 30.3 Å². The van der Waals surface area contributed by atoms with Crippen LogP contribution in [0.25, 0.3) is 0 Å². The van der Waals surface area contributed by atoms with Gasteiger partial charge in [-0.1, -0.05) is 98.8 Å². The molecule has 0 amide bonds. The number of rotatable bonds is 16. The molecule has 0 aliphatic rings. The van der Waals surface area contributed by atoms with E-state index in [2.05, 4.69) is 73.0 Å². The van der Waals surface area contributed by atoms with Crippen LogP contribution in [0.5, 0.6) is 11.5 Å². The zero-order valence-corrected chi connectivity index (χ0v) is 24.0. The number of nitrogens with one attached hydrogen (secondary N) is 2. The summed E-state index contributed by atoms with van der Waals surface area (Å²) in [6.07, 6.45) is -1.19. The highest BCUT2D eigenvalue weighted by atomic mass is 16.5. The lowest BCUT2D eigenvalue weighted by Crippen LogP contribution is -2.31. The number of aliphatic hydroxyl groups is 2. The number of aliphatic hydroxyl groups excluding tert-OH is 2. The maximum atomic E-state index is 10.3. The summed E-state index contributed by atoms with van der Waals surface area (Å²) in [7, 11) is 0. The molecule has 4 aromatic rings. The van der Waals surface area contributed by atoms with Crippen molar-refractivity contribution in [2.45, 2.75) is 44.6 Å². The summed E-state index contributed by atoms with van der Waals surface area (Å²) in [5.74, 6) is 1.46. The molecule has 0 radical (unpaired) electrons. The van der Waals surface area contributed by atoms with Gasteiger partial charge in [-0.15, -0.1) is 0 Å². The molecule has 6 nitrogen and oxygen atoms in total. The van der Waals surface area contributed by atoms with Gasteiger partial charge in [0.05, 0.1) is 0 Å². The molecule has 4 aromatic carbocycles. The van der Waals surface area contributed by atoms with Crippen molar-refractivity contribution < 1.29 is 19.7 Å². The van der Waals surface area contributed by atoms with E-state index >= 15 is 0 Å². The fourth-order valence-electron chi connectivity index (χ4n) is 4.56. The highest BCUT2D eigenvalue weighted by Gasteiger charge is 2.23. The van der Waals surface area contributed by atoms with Gasteiger partial charge in [0.15, 0.2) is 0 Å². The Morgan fingerprint density at radius 3 is 1.29 bits per heavy atom. The van der Waals surface area contributed by atoms with Gasteiger partial charge >= 0.3 is 0 Å². The van der Waals surface area contributed by atoms with Crippen LogP contribution < -0.4 is 20.1 Å². The van der Waals surface area contributed by atoms with Gasteiger partial charge in [-0.3, -0.25) is 0 Å². The third-order valence-electron chi connectivity index (χ3n) is 7.14. The predicted octanol–water partition coefficient (Wildman–Crippen LogP) is 5.07. The Balaban J connectivity index is 1.19. The second-order valence-corrected chi connectivity index (χ2v) is 10.8. The summed E-state index contributed by atoms with van der Waals surface area (Å²) in [6, 6.07) is 36.3. The van der Waals surface area contributed by atoms with E-state index in [1.54, 1.807) is 0 Å². The molecule has 0 bridgehead atoms. The lowest BCUT2D eigenvalue weighted by molar-refractivity contribution is 0.106. The zero-order chi connectivity index (χ0) is 28.9. The lowest BCUT2D eigenvalue weighted by atomic mass is 9.78. The van der Waals surface area contributed by atoms with E-state index in [1.807, 2.05) is 60.7 Å². The Bertz CT molecular complexity index is 1180. The molecule has 0 spiro atoms.